The van der Waals surface area contributed by atoms with E-state index in [1.54, 1.807) is 6.08 Å². The van der Waals surface area contributed by atoms with Gasteiger partial charge in [-0.1, -0.05) is 63.2 Å². The van der Waals surface area contributed by atoms with Crippen LogP contribution in [0.3, 0.4) is 0 Å². The van der Waals surface area contributed by atoms with Crippen molar-refractivity contribution < 1.29 is 0 Å². The zero-order valence-electron chi connectivity index (χ0n) is 9.34. The minimum absolute atomic E-state index is 1.18. The van der Waals surface area contributed by atoms with Gasteiger partial charge in [-0.25, -0.2) is 0 Å². The molecule has 0 fully saturated rings. The van der Waals surface area contributed by atoms with Crippen molar-refractivity contribution in [3.63, 3.8) is 0 Å². The van der Waals surface area contributed by atoms with Crippen molar-refractivity contribution in [2.75, 3.05) is 0 Å². The molecule has 14 heavy (non-hydrogen) atoms. The molecule has 0 bridgehead atoms. The number of hydrogen-bond donors (Lipinski definition) is 0. The Morgan fingerprint density at radius 1 is 1.00 bits per heavy atom. The third kappa shape index (κ3) is 11.0. The topological polar surface area (TPSA) is 0 Å². The van der Waals surface area contributed by atoms with Crippen molar-refractivity contribution in [3.05, 3.63) is 24.3 Å². The van der Waals surface area contributed by atoms with Crippen LogP contribution in [-0.4, -0.2) is 0 Å². The molecule has 78 valence electrons. The van der Waals surface area contributed by atoms with Crippen LogP contribution in [-0.2, 0) is 0 Å². The van der Waals surface area contributed by atoms with E-state index in [2.05, 4.69) is 18.9 Å². The molecular formula is C14H22. The fourth-order valence-electron chi connectivity index (χ4n) is 1.33. The van der Waals surface area contributed by atoms with Gasteiger partial charge in [0.1, 0.15) is 0 Å². The average molecular weight is 190 g/mol. The molecule has 0 aromatic heterocycles. The highest BCUT2D eigenvalue weighted by Crippen LogP contribution is 2.06. The molecule has 0 aliphatic carbocycles. The van der Waals surface area contributed by atoms with Gasteiger partial charge in [-0.15, -0.1) is 6.42 Å². The molecule has 0 saturated carbocycles. The van der Waals surface area contributed by atoms with E-state index in [0.29, 0.717) is 0 Å². The summed E-state index contributed by atoms with van der Waals surface area (Å²) in [5, 5.41) is 0. The second kappa shape index (κ2) is 12.0. The molecule has 0 aliphatic heterocycles. The number of hydrogen-bond acceptors (Lipinski definition) is 0. The van der Waals surface area contributed by atoms with Crippen molar-refractivity contribution in [2.24, 2.45) is 0 Å². The summed E-state index contributed by atoms with van der Waals surface area (Å²) in [6.45, 7) is 2.25. The summed E-state index contributed by atoms with van der Waals surface area (Å²) < 4.78 is 0. The van der Waals surface area contributed by atoms with Gasteiger partial charge in [-0.05, 0) is 18.9 Å². The van der Waals surface area contributed by atoms with Crippen LogP contribution < -0.4 is 0 Å². The second-order valence-electron chi connectivity index (χ2n) is 3.51. The minimum Gasteiger partial charge on any atom is -0.115 e. The molecule has 0 rings (SSSR count). The smallest absolute Gasteiger partial charge is 0.0122 e. The summed E-state index contributed by atoms with van der Waals surface area (Å²) in [4.78, 5) is 0. The van der Waals surface area contributed by atoms with Crippen LogP contribution in [0.25, 0.3) is 0 Å². The van der Waals surface area contributed by atoms with Crippen molar-refractivity contribution in [2.45, 2.75) is 51.9 Å². The summed E-state index contributed by atoms with van der Waals surface area (Å²) in [7, 11) is 0. The molecular weight excluding hydrogens is 168 g/mol. The number of terminal acetylenes is 1. The van der Waals surface area contributed by atoms with Crippen LogP contribution in [0.2, 0.25) is 0 Å². The monoisotopic (exact) mass is 190 g/mol. The normalized spacial score (nSPS) is 11.1. The van der Waals surface area contributed by atoms with E-state index in [1.807, 2.05) is 12.2 Å². The molecule has 0 nitrogen and oxygen atoms in total. The lowest BCUT2D eigenvalue weighted by atomic mass is 10.1. The number of unbranched alkanes of at least 4 members (excludes halogenated alkanes) is 6. The maximum absolute atomic E-state index is 5.07. The fourth-order valence-corrected chi connectivity index (χ4v) is 1.33. The summed E-state index contributed by atoms with van der Waals surface area (Å²) in [5.41, 5.74) is 0. The highest BCUT2D eigenvalue weighted by atomic mass is 13.9. The molecule has 0 heteroatoms. The van der Waals surface area contributed by atoms with Crippen molar-refractivity contribution in [3.8, 4) is 12.3 Å². The Morgan fingerprint density at radius 2 is 1.71 bits per heavy atom. The highest BCUT2D eigenvalue weighted by Gasteiger charge is 1.87. The van der Waals surface area contributed by atoms with Crippen molar-refractivity contribution >= 4 is 0 Å². The average Bonchev–Trinajstić information content (AvgIpc) is 2.21. The van der Waals surface area contributed by atoms with Crippen LogP contribution in [0.5, 0.6) is 0 Å². The Bertz CT molecular complexity index is 191. The van der Waals surface area contributed by atoms with E-state index < -0.39 is 0 Å². The van der Waals surface area contributed by atoms with E-state index >= 15 is 0 Å². The minimum atomic E-state index is 1.18. The largest absolute Gasteiger partial charge is 0.115 e. The van der Waals surface area contributed by atoms with Crippen LogP contribution in [0, 0.1) is 12.3 Å². The Balaban J connectivity index is 3.10. The third-order valence-electron chi connectivity index (χ3n) is 2.16. The molecule has 0 heterocycles. The molecule has 0 amide bonds. The van der Waals surface area contributed by atoms with E-state index in [4.69, 9.17) is 6.42 Å². The third-order valence-corrected chi connectivity index (χ3v) is 2.16. The Morgan fingerprint density at radius 3 is 2.43 bits per heavy atom. The first kappa shape index (κ1) is 13.0. The molecule has 0 aliphatic rings. The fraction of sp³-hybridized carbons (Fsp3) is 0.571. The first-order valence-corrected chi connectivity index (χ1v) is 5.69. The highest BCUT2D eigenvalue weighted by molar-refractivity contribution is 5.15. The van der Waals surface area contributed by atoms with Crippen LogP contribution in [0.15, 0.2) is 24.3 Å². The zero-order chi connectivity index (χ0) is 10.5. The van der Waals surface area contributed by atoms with Crippen LogP contribution in [0.4, 0.5) is 0 Å². The first-order chi connectivity index (χ1) is 6.91. The van der Waals surface area contributed by atoms with Gasteiger partial charge in [0.15, 0.2) is 0 Å². The van der Waals surface area contributed by atoms with Crippen molar-refractivity contribution in [1.29, 1.82) is 0 Å². The van der Waals surface area contributed by atoms with Crippen LogP contribution in [0.1, 0.15) is 51.9 Å². The number of rotatable bonds is 8. The van der Waals surface area contributed by atoms with Gasteiger partial charge in [0, 0.05) is 0 Å². The predicted molar refractivity (Wildman–Crippen MR) is 65.1 cm³/mol. The Hall–Kier alpha value is -0.960. The molecule has 0 spiro atoms. The van der Waals surface area contributed by atoms with Gasteiger partial charge in [0.2, 0.25) is 0 Å². The lowest BCUT2D eigenvalue weighted by molar-refractivity contribution is 0.611. The second-order valence-corrected chi connectivity index (χ2v) is 3.51. The van der Waals surface area contributed by atoms with Crippen LogP contribution >= 0.6 is 0 Å². The van der Waals surface area contributed by atoms with Gasteiger partial charge >= 0.3 is 0 Å². The zero-order valence-corrected chi connectivity index (χ0v) is 9.34. The lowest BCUT2D eigenvalue weighted by Gasteiger charge is -1.97. The Labute approximate surface area is 89.1 Å². The van der Waals surface area contributed by atoms with Gasteiger partial charge < -0.3 is 0 Å². The first-order valence-electron chi connectivity index (χ1n) is 5.69. The Kier molecular flexibility index (Phi) is 11.2. The SMILES string of the molecule is C#C/C=C/C=C/CCCCCCCC. The summed E-state index contributed by atoms with van der Waals surface area (Å²) in [6, 6.07) is 0. The van der Waals surface area contributed by atoms with Gasteiger partial charge in [0.25, 0.3) is 0 Å². The molecule has 0 N–H and O–H groups in total. The maximum atomic E-state index is 5.07. The van der Waals surface area contributed by atoms with E-state index in [-0.39, 0.29) is 0 Å². The molecule has 0 saturated heterocycles. The molecule has 0 radical (unpaired) electrons. The van der Waals surface area contributed by atoms with Gasteiger partial charge in [-0.3, -0.25) is 0 Å². The van der Waals surface area contributed by atoms with Crippen molar-refractivity contribution in [1.82, 2.24) is 0 Å². The van der Waals surface area contributed by atoms with E-state index in [9.17, 15) is 0 Å². The molecule has 0 aromatic carbocycles. The molecule has 0 atom stereocenters. The maximum Gasteiger partial charge on any atom is -0.0122 e. The lowest BCUT2D eigenvalue weighted by Crippen LogP contribution is -1.77. The summed E-state index contributed by atoms with van der Waals surface area (Å²) in [5.74, 6) is 2.46. The van der Waals surface area contributed by atoms with Gasteiger partial charge in [-0.2, -0.15) is 0 Å². The number of allylic oxidation sites excluding steroid dienone is 4. The van der Waals surface area contributed by atoms with Gasteiger partial charge in [0.05, 0.1) is 0 Å². The van der Waals surface area contributed by atoms with E-state index in [1.165, 1.54) is 44.9 Å². The molecule has 0 aromatic rings. The quantitative estimate of drug-likeness (QED) is 0.301. The standard InChI is InChI=1S/C14H22/c1-3-5-7-9-11-13-14-12-10-8-6-4-2/h1,5,7,9,11H,4,6,8,10,12-14H2,2H3/b7-5+,11-9+. The van der Waals surface area contributed by atoms with E-state index in [0.717, 1.165) is 0 Å². The summed E-state index contributed by atoms with van der Waals surface area (Å²) >= 11 is 0. The summed E-state index contributed by atoms with van der Waals surface area (Å²) in [6.07, 6.45) is 22.3. The predicted octanol–water partition coefficient (Wildman–Crippen LogP) is 4.48. The molecule has 0 unspecified atom stereocenters.